The van der Waals surface area contributed by atoms with E-state index in [1.165, 1.54) is 0 Å². The first kappa shape index (κ1) is 29.0. The zero-order valence-electron chi connectivity index (χ0n) is 20.7. The second kappa shape index (κ2) is 12.9. The molecule has 1 heterocycles. The molecule has 12 heteroatoms. The van der Waals surface area contributed by atoms with Gasteiger partial charge in [0.1, 0.15) is 18.8 Å². The lowest BCUT2D eigenvalue weighted by Crippen LogP contribution is -2.56. The van der Waals surface area contributed by atoms with E-state index in [-0.39, 0.29) is 13.2 Å². The average molecular weight is 592 g/mol. The van der Waals surface area contributed by atoms with Gasteiger partial charge in [-0.2, -0.15) is 0 Å². The second-order valence-electron chi connectivity index (χ2n) is 8.96. The van der Waals surface area contributed by atoms with E-state index in [4.69, 9.17) is 59.2 Å². The van der Waals surface area contributed by atoms with Gasteiger partial charge in [-0.1, -0.05) is 101 Å². The molecule has 39 heavy (non-hydrogen) atoms. The summed E-state index contributed by atoms with van der Waals surface area (Å²) >= 11 is 17.4. The van der Waals surface area contributed by atoms with E-state index in [1.807, 2.05) is 42.5 Å². The first-order valence-corrected chi connectivity index (χ1v) is 13.1. The maximum atomic E-state index is 12.6. The minimum atomic E-state index is -2.16. The molecule has 0 amide bonds. The number of esters is 1. The third-order valence-electron chi connectivity index (χ3n) is 6.33. The lowest BCUT2D eigenvalue weighted by Gasteiger charge is -2.43. The zero-order valence-corrected chi connectivity index (χ0v) is 23.0. The van der Waals surface area contributed by atoms with Crippen molar-refractivity contribution in [2.45, 2.75) is 41.9 Å². The summed E-state index contributed by atoms with van der Waals surface area (Å²) in [6.45, 7) is 1.80. The molecule has 0 radical (unpaired) electrons. The second-order valence-corrected chi connectivity index (χ2v) is 11.2. The molecular formula is C27H25Cl3N4O5. The highest BCUT2D eigenvalue weighted by atomic mass is 35.6. The van der Waals surface area contributed by atoms with Crippen molar-refractivity contribution in [3.05, 3.63) is 94.4 Å². The number of ether oxygens (including phenoxy) is 4. The predicted octanol–water partition coefficient (Wildman–Crippen LogP) is 6.99. The maximum absolute atomic E-state index is 12.6. The number of nitrogens with zero attached hydrogens (tertiary/aromatic N) is 3. The molecule has 1 aliphatic heterocycles. The summed E-state index contributed by atoms with van der Waals surface area (Å²) in [5, 5.41) is 14.0. The average Bonchev–Trinajstić information content (AvgIpc) is 2.93. The Balaban J connectivity index is 1.56. The zero-order chi connectivity index (χ0) is 28.0. The fourth-order valence-corrected chi connectivity index (χ4v) is 4.47. The Bertz CT molecular complexity index is 1360. The third kappa shape index (κ3) is 7.33. The van der Waals surface area contributed by atoms with Crippen molar-refractivity contribution in [1.29, 1.82) is 5.41 Å². The highest BCUT2D eigenvalue weighted by molar-refractivity contribution is 6.76. The summed E-state index contributed by atoms with van der Waals surface area (Å²) in [4.78, 5) is 15.5. The van der Waals surface area contributed by atoms with Crippen molar-refractivity contribution in [1.82, 2.24) is 0 Å². The lowest BCUT2D eigenvalue weighted by atomic mass is 9.89. The van der Waals surface area contributed by atoms with Gasteiger partial charge in [-0.3, -0.25) is 5.41 Å². The van der Waals surface area contributed by atoms with E-state index >= 15 is 0 Å². The number of carbonyl (C=O) groups is 1. The summed E-state index contributed by atoms with van der Waals surface area (Å²) < 4.78 is 21.2. The Morgan fingerprint density at radius 2 is 1.77 bits per heavy atom. The largest absolute Gasteiger partial charge is 0.459 e. The summed E-state index contributed by atoms with van der Waals surface area (Å²) in [6, 6.07) is 21.5. The van der Waals surface area contributed by atoms with Crippen molar-refractivity contribution in [3.8, 4) is 0 Å². The molecule has 0 aromatic heterocycles. The van der Waals surface area contributed by atoms with Crippen molar-refractivity contribution in [2.75, 3.05) is 6.61 Å². The van der Waals surface area contributed by atoms with Gasteiger partial charge in [0.25, 0.3) is 3.79 Å². The molecule has 4 rings (SSSR count). The van der Waals surface area contributed by atoms with Gasteiger partial charge in [-0.25, -0.2) is 4.79 Å². The van der Waals surface area contributed by atoms with E-state index in [9.17, 15) is 10.3 Å². The van der Waals surface area contributed by atoms with E-state index in [1.54, 1.807) is 37.3 Å². The molecule has 1 fully saturated rings. The number of alkyl halides is 3. The Labute approximate surface area is 240 Å². The van der Waals surface area contributed by atoms with Crippen LogP contribution in [0.2, 0.25) is 0 Å². The van der Waals surface area contributed by atoms with Crippen LogP contribution in [0.5, 0.6) is 0 Å². The maximum Gasteiger partial charge on any atom is 0.338 e. The summed E-state index contributed by atoms with van der Waals surface area (Å²) in [5.41, 5.74) is 10.5. The molecule has 0 aliphatic carbocycles. The molecule has 9 nitrogen and oxygen atoms in total. The van der Waals surface area contributed by atoms with Crippen LogP contribution in [0.3, 0.4) is 0 Å². The summed E-state index contributed by atoms with van der Waals surface area (Å²) in [7, 11) is 0. The minimum absolute atomic E-state index is 0.204. The number of halogens is 3. The van der Waals surface area contributed by atoms with Gasteiger partial charge in [-0.05, 0) is 46.0 Å². The van der Waals surface area contributed by atoms with Gasteiger partial charge in [0, 0.05) is 4.91 Å². The summed E-state index contributed by atoms with van der Waals surface area (Å²) in [6.07, 6.45) is -2.83. The van der Waals surface area contributed by atoms with Gasteiger partial charge in [-0.15, -0.1) is 0 Å². The normalized spacial score (nSPS) is 23.0. The van der Waals surface area contributed by atoms with Crippen LogP contribution in [-0.2, 0) is 25.6 Å². The molecule has 3 aromatic carbocycles. The molecule has 204 valence electrons. The van der Waals surface area contributed by atoms with Crippen LogP contribution in [-0.4, -0.2) is 46.8 Å². The molecular weight excluding hydrogens is 567 g/mol. The van der Waals surface area contributed by atoms with E-state index in [2.05, 4.69) is 10.0 Å². The number of hydrogen-bond acceptors (Lipinski definition) is 7. The number of azide groups is 1. The smallest absolute Gasteiger partial charge is 0.338 e. The first-order valence-electron chi connectivity index (χ1n) is 12.0. The quantitative estimate of drug-likeness (QED) is 0.0575. The van der Waals surface area contributed by atoms with Crippen LogP contribution < -0.4 is 0 Å². The van der Waals surface area contributed by atoms with Crippen molar-refractivity contribution in [3.63, 3.8) is 0 Å². The molecule has 0 saturated carbocycles. The van der Waals surface area contributed by atoms with Crippen LogP contribution in [0.25, 0.3) is 21.2 Å². The van der Waals surface area contributed by atoms with Crippen molar-refractivity contribution < 1.29 is 23.7 Å². The number of carbonyl (C=O) groups excluding carboxylic acids is 1. The molecule has 0 bridgehead atoms. The Hall–Kier alpha value is -3.04. The number of benzene rings is 3. The van der Waals surface area contributed by atoms with E-state index in [0.717, 1.165) is 16.3 Å². The number of rotatable bonds is 8. The molecule has 1 saturated heterocycles. The number of fused-ring (bicyclic) bond motifs is 1. The number of nitrogens with one attached hydrogen (secondary N) is 1. The van der Waals surface area contributed by atoms with Crippen LogP contribution in [0.1, 0.15) is 22.8 Å². The van der Waals surface area contributed by atoms with E-state index in [0.29, 0.717) is 5.56 Å². The summed E-state index contributed by atoms with van der Waals surface area (Å²) in [5.74, 6) is -1.76. The molecule has 3 aromatic rings. The fourth-order valence-electron chi connectivity index (χ4n) is 4.34. The SMILES string of the molecule is C[C@H]1C(OCc2ccc3ccccc3c2)C(COC(=O)c2ccccc2)OC(OC(=N)C(Cl)(Cl)Cl)[C@@H]1N=[N+]=[N-]. The third-order valence-corrected chi connectivity index (χ3v) is 6.85. The Morgan fingerprint density at radius 1 is 1.08 bits per heavy atom. The van der Waals surface area contributed by atoms with Gasteiger partial charge in [0.2, 0.25) is 12.2 Å². The molecule has 3 unspecified atom stereocenters. The molecule has 1 N–H and O–H groups in total. The molecule has 0 spiro atoms. The van der Waals surface area contributed by atoms with Gasteiger partial charge in [0.15, 0.2) is 0 Å². The van der Waals surface area contributed by atoms with Gasteiger partial charge in [0.05, 0.1) is 18.3 Å². The number of hydrogen-bond donors (Lipinski definition) is 1. The van der Waals surface area contributed by atoms with Gasteiger partial charge < -0.3 is 18.9 Å². The van der Waals surface area contributed by atoms with Crippen LogP contribution in [0.15, 0.2) is 77.9 Å². The van der Waals surface area contributed by atoms with Crippen LogP contribution in [0, 0.1) is 11.3 Å². The monoisotopic (exact) mass is 590 g/mol. The molecule has 1 aliphatic rings. The highest BCUT2D eigenvalue weighted by Gasteiger charge is 2.47. The highest BCUT2D eigenvalue weighted by Crippen LogP contribution is 2.35. The predicted molar refractivity (Wildman–Crippen MR) is 149 cm³/mol. The van der Waals surface area contributed by atoms with Crippen LogP contribution in [0.4, 0.5) is 0 Å². The lowest BCUT2D eigenvalue weighted by molar-refractivity contribution is -0.240. The minimum Gasteiger partial charge on any atom is -0.459 e. The molecule has 5 atom stereocenters. The van der Waals surface area contributed by atoms with Crippen molar-refractivity contribution >= 4 is 57.4 Å². The Morgan fingerprint density at radius 3 is 2.46 bits per heavy atom. The standard InChI is InChI=1S/C27H25Cl3N4O5/c1-16-22(33-34-32)25(39-26(31)27(28,29)30)38-21(15-37-24(35)19-8-3-2-4-9-19)23(16)36-14-17-11-12-18-7-5-6-10-20(18)13-17/h2-13,16,21-23,25,31H,14-15H2,1H3/t16-,21?,22-,23?,25?/m1/s1. The van der Waals surface area contributed by atoms with Gasteiger partial charge >= 0.3 is 5.97 Å². The Kier molecular flexibility index (Phi) is 9.56. The van der Waals surface area contributed by atoms with Crippen molar-refractivity contribution in [2.24, 2.45) is 11.0 Å². The van der Waals surface area contributed by atoms with Crippen LogP contribution >= 0.6 is 34.8 Å². The first-order chi connectivity index (χ1) is 18.7. The fraction of sp³-hybridized carbons (Fsp3) is 0.333. The topological polar surface area (TPSA) is 127 Å². The van der Waals surface area contributed by atoms with E-state index < -0.39 is 46.1 Å².